The third-order valence-electron chi connectivity index (χ3n) is 4.67. The predicted molar refractivity (Wildman–Crippen MR) is 115 cm³/mol. The summed E-state index contributed by atoms with van der Waals surface area (Å²) in [6.45, 7) is 13.1. The fraction of sp³-hybridized carbons (Fsp3) is 0.455. The lowest BCUT2D eigenvalue weighted by molar-refractivity contribution is 0.866. The standard InChI is InChI=1S/C22H32N2S/c1-5-23(6-2)21-13-9-19(10-14-21)17-25-18-20-11-15-22(16-12-20)24(7-3)8-4/h9-16H,5-8,17-18H2,1-4H3. The highest BCUT2D eigenvalue weighted by atomic mass is 32.2. The molecule has 25 heavy (non-hydrogen) atoms. The van der Waals surface area contributed by atoms with Crippen LogP contribution in [0.1, 0.15) is 38.8 Å². The summed E-state index contributed by atoms with van der Waals surface area (Å²) in [5, 5.41) is 0. The molecule has 2 aromatic carbocycles. The van der Waals surface area contributed by atoms with Crippen molar-refractivity contribution in [2.24, 2.45) is 0 Å². The van der Waals surface area contributed by atoms with Crippen LogP contribution in [0.2, 0.25) is 0 Å². The molecule has 0 amide bonds. The molecule has 2 nitrogen and oxygen atoms in total. The molecule has 0 aliphatic rings. The fourth-order valence-electron chi connectivity index (χ4n) is 3.07. The Kier molecular flexibility index (Phi) is 8.20. The highest BCUT2D eigenvalue weighted by Gasteiger charge is 2.03. The van der Waals surface area contributed by atoms with Gasteiger partial charge in [-0.1, -0.05) is 24.3 Å². The topological polar surface area (TPSA) is 6.48 Å². The molecule has 0 radical (unpaired) electrons. The zero-order valence-corrected chi connectivity index (χ0v) is 17.0. The molecule has 0 aliphatic heterocycles. The van der Waals surface area contributed by atoms with E-state index in [0.717, 1.165) is 37.7 Å². The van der Waals surface area contributed by atoms with Gasteiger partial charge < -0.3 is 9.80 Å². The van der Waals surface area contributed by atoms with Gasteiger partial charge in [-0.25, -0.2) is 0 Å². The highest BCUT2D eigenvalue weighted by Crippen LogP contribution is 2.22. The number of thioether (sulfide) groups is 1. The normalized spacial score (nSPS) is 10.7. The van der Waals surface area contributed by atoms with Crippen molar-refractivity contribution in [3.8, 4) is 0 Å². The van der Waals surface area contributed by atoms with Crippen LogP contribution >= 0.6 is 11.8 Å². The fourth-order valence-corrected chi connectivity index (χ4v) is 4.03. The van der Waals surface area contributed by atoms with Crippen molar-refractivity contribution in [3.05, 3.63) is 59.7 Å². The number of anilines is 2. The van der Waals surface area contributed by atoms with E-state index in [1.165, 1.54) is 22.5 Å². The van der Waals surface area contributed by atoms with Crippen molar-refractivity contribution in [2.75, 3.05) is 36.0 Å². The Bertz CT molecular complexity index is 543. The number of benzene rings is 2. The maximum Gasteiger partial charge on any atom is 0.0366 e. The van der Waals surface area contributed by atoms with Crippen molar-refractivity contribution in [1.29, 1.82) is 0 Å². The number of hydrogen-bond donors (Lipinski definition) is 0. The van der Waals surface area contributed by atoms with E-state index in [-0.39, 0.29) is 0 Å². The number of hydrogen-bond acceptors (Lipinski definition) is 3. The van der Waals surface area contributed by atoms with E-state index < -0.39 is 0 Å². The summed E-state index contributed by atoms with van der Waals surface area (Å²) in [7, 11) is 0. The summed E-state index contributed by atoms with van der Waals surface area (Å²) >= 11 is 1.98. The molecule has 0 unspecified atom stereocenters. The molecule has 2 rings (SSSR count). The average Bonchev–Trinajstić information content (AvgIpc) is 2.66. The highest BCUT2D eigenvalue weighted by molar-refractivity contribution is 7.97. The lowest BCUT2D eigenvalue weighted by Gasteiger charge is -2.21. The molecule has 0 atom stereocenters. The Hall–Kier alpha value is -1.61. The molecule has 0 heterocycles. The summed E-state index contributed by atoms with van der Waals surface area (Å²) in [5.74, 6) is 2.13. The Labute approximate surface area is 158 Å². The minimum absolute atomic E-state index is 1.06. The van der Waals surface area contributed by atoms with E-state index in [4.69, 9.17) is 0 Å². The minimum atomic E-state index is 1.06. The molecule has 0 N–H and O–H groups in total. The Morgan fingerprint density at radius 1 is 0.560 bits per heavy atom. The molecule has 0 saturated carbocycles. The van der Waals surface area contributed by atoms with Crippen LogP contribution in [0, 0.1) is 0 Å². The molecule has 0 aromatic heterocycles. The van der Waals surface area contributed by atoms with Crippen molar-refractivity contribution >= 4 is 23.1 Å². The van der Waals surface area contributed by atoms with Crippen LogP contribution in [0.5, 0.6) is 0 Å². The monoisotopic (exact) mass is 356 g/mol. The van der Waals surface area contributed by atoms with E-state index >= 15 is 0 Å². The van der Waals surface area contributed by atoms with Crippen LogP contribution in [-0.4, -0.2) is 26.2 Å². The van der Waals surface area contributed by atoms with E-state index in [1.807, 2.05) is 11.8 Å². The Morgan fingerprint density at radius 3 is 1.16 bits per heavy atom. The average molecular weight is 357 g/mol. The van der Waals surface area contributed by atoms with Crippen LogP contribution in [0.3, 0.4) is 0 Å². The summed E-state index contributed by atoms with van der Waals surface area (Å²) in [6.07, 6.45) is 0. The molecule has 0 bridgehead atoms. The van der Waals surface area contributed by atoms with Gasteiger partial charge in [0.1, 0.15) is 0 Å². The largest absolute Gasteiger partial charge is 0.372 e. The van der Waals surface area contributed by atoms with Gasteiger partial charge in [-0.3, -0.25) is 0 Å². The number of rotatable bonds is 10. The smallest absolute Gasteiger partial charge is 0.0366 e. The first-order chi connectivity index (χ1) is 12.2. The summed E-state index contributed by atoms with van der Waals surface area (Å²) < 4.78 is 0. The SMILES string of the molecule is CCN(CC)c1ccc(CSCc2ccc(N(CC)CC)cc2)cc1. The first-order valence-electron chi connectivity index (χ1n) is 9.47. The molecule has 2 aromatic rings. The predicted octanol–water partition coefficient (Wildman–Crippen LogP) is 5.81. The summed E-state index contributed by atoms with van der Waals surface area (Å²) in [6, 6.07) is 18.1. The maximum atomic E-state index is 2.38. The quantitative estimate of drug-likeness (QED) is 0.530. The number of nitrogens with zero attached hydrogens (tertiary/aromatic N) is 2. The molecule has 3 heteroatoms. The van der Waals surface area contributed by atoms with Crippen LogP contribution in [0.4, 0.5) is 11.4 Å². The van der Waals surface area contributed by atoms with Crippen LogP contribution in [-0.2, 0) is 11.5 Å². The van der Waals surface area contributed by atoms with E-state index in [9.17, 15) is 0 Å². The lowest BCUT2D eigenvalue weighted by atomic mass is 10.2. The first-order valence-corrected chi connectivity index (χ1v) is 10.6. The maximum absolute atomic E-state index is 2.38. The molecular formula is C22H32N2S. The van der Waals surface area contributed by atoms with Crippen molar-refractivity contribution < 1.29 is 0 Å². The zero-order valence-electron chi connectivity index (χ0n) is 16.2. The molecule has 0 spiro atoms. The van der Waals surface area contributed by atoms with Crippen molar-refractivity contribution in [1.82, 2.24) is 0 Å². The van der Waals surface area contributed by atoms with Crippen LogP contribution in [0.15, 0.2) is 48.5 Å². The van der Waals surface area contributed by atoms with E-state index in [0.29, 0.717) is 0 Å². The Balaban J connectivity index is 1.84. The molecule has 0 saturated heterocycles. The van der Waals surface area contributed by atoms with Gasteiger partial charge in [-0.15, -0.1) is 0 Å². The lowest BCUT2D eigenvalue weighted by Crippen LogP contribution is -2.21. The van der Waals surface area contributed by atoms with Gasteiger partial charge in [0.05, 0.1) is 0 Å². The van der Waals surface area contributed by atoms with Gasteiger partial charge in [0, 0.05) is 49.1 Å². The summed E-state index contributed by atoms with van der Waals surface area (Å²) in [4.78, 5) is 4.77. The van der Waals surface area contributed by atoms with Crippen LogP contribution < -0.4 is 9.80 Å². The molecular weight excluding hydrogens is 324 g/mol. The minimum Gasteiger partial charge on any atom is -0.372 e. The van der Waals surface area contributed by atoms with E-state index in [2.05, 4.69) is 86.0 Å². The molecule has 0 aliphatic carbocycles. The second kappa shape index (κ2) is 10.4. The second-order valence-electron chi connectivity index (χ2n) is 6.17. The third-order valence-corrected chi connectivity index (χ3v) is 5.74. The molecule has 136 valence electrons. The van der Waals surface area contributed by atoms with Gasteiger partial charge >= 0.3 is 0 Å². The van der Waals surface area contributed by atoms with Gasteiger partial charge in [-0.2, -0.15) is 11.8 Å². The van der Waals surface area contributed by atoms with Gasteiger partial charge in [0.15, 0.2) is 0 Å². The molecule has 0 fully saturated rings. The summed E-state index contributed by atoms with van der Waals surface area (Å²) in [5.41, 5.74) is 5.46. The van der Waals surface area contributed by atoms with Gasteiger partial charge in [0.2, 0.25) is 0 Å². The van der Waals surface area contributed by atoms with Crippen molar-refractivity contribution in [2.45, 2.75) is 39.2 Å². The van der Waals surface area contributed by atoms with Gasteiger partial charge in [-0.05, 0) is 63.1 Å². The zero-order chi connectivity index (χ0) is 18.1. The van der Waals surface area contributed by atoms with Crippen molar-refractivity contribution in [3.63, 3.8) is 0 Å². The van der Waals surface area contributed by atoms with Gasteiger partial charge in [0.25, 0.3) is 0 Å². The van der Waals surface area contributed by atoms with Crippen LogP contribution in [0.25, 0.3) is 0 Å². The Morgan fingerprint density at radius 2 is 0.880 bits per heavy atom. The first kappa shape index (κ1) is 19.7. The second-order valence-corrected chi connectivity index (χ2v) is 7.16. The van der Waals surface area contributed by atoms with E-state index in [1.54, 1.807) is 0 Å². The third kappa shape index (κ3) is 5.71.